The number of benzene rings is 9. The summed E-state index contributed by atoms with van der Waals surface area (Å²) in [7, 11) is 0. The fraction of sp³-hybridized carbons (Fsp3) is 0.0690. The van der Waals surface area contributed by atoms with Gasteiger partial charge in [-0.2, -0.15) is 0 Å². The number of furan rings is 1. The minimum atomic E-state index is -0.524. The monoisotopic (exact) mass is 767 g/mol. The zero-order valence-electron chi connectivity index (χ0n) is 33.6. The van der Waals surface area contributed by atoms with Crippen molar-refractivity contribution in [1.29, 1.82) is 0 Å². The first-order valence-electron chi connectivity index (χ1n) is 20.9. The van der Waals surface area contributed by atoms with Crippen molar-refractivity contribution in [3.05, 3.63) is 246 Å². The van der Waals surface area contributed by atoms with Crippen molar-refractivity contribution in [2.45, 2.75) is 24.7 Å². The Labute approximate surface area is 350 Å². The third-order valence-corrected chi connectivity index (χ3v) is 13.3. The highest BCUT2D eigenvalue weighted by molar-refractivity contribution is 6.06. The summed E-state index contributed by atoms with van der Waals surface area (Å²) < 4.78 is 6.57. The summed E-state index contributed by atoms with van der Waals surface area (Å²) in [4.78, 5) is 2.44. The van der Waals surface area contributed by atoms with Gasteiger partial charge in [-0.05, 0) is 109 Å². The first-order chi connectivity index (χ1) is 29.5. The SMILES string of the molecule is CC1(C)c2ccc(N(c3ccc4c(c3)C(c3ccccc3)(c3ccccc3)c3ccccc3-4)c3ccc4c(c3)oc3ccccc34)cc2-c2c(-c3ccccc3)cccc21. The van der Waals surface area contributed by atoms with E-state index in [1.807, 2.05) is 6.07 Å². The maximum atomic E-state index is 6.57. The van der Waals surface area contributed by atoms with E-state index >= 15 is 0 Å². The second-order valence-electron chi connectivity index (χ2n) is 16.8. The average Bonchev–Trinajstić information content (AvgIpc) is 3.90. The third-order valence-electron chi connectivity index (χ3n) is 13.3. The van der Waals surface area contributed by atoms with Crippen LogP contribution in [0.4, 0.5) is 17.1 Å². The summed E-state index contributed by atoms with van der Waals surface area (Å²) in [5.41, 5.74) is 19.7. The fourth-order valence-electron chi connectivity index (χ4n) is 10.7. The van der Waals surface area contributed by atoms with Gasteiger partial charge in [0.2, 0.25) is 0 Å². The molecule has 2 aliphatic carbocycles. The second kappa shape index (κ2) is 13.0. The Morgan fingerprint density at radius 3 is 1.72 bits per heavy atom. The topological polar surface area (TPSA) is 16.4 Å². The molecular weight excluding hydrogens is 727 g/mol. The molecule has 12 rings (SSSR count). The Hall–Kier alpha value is -7.42. The molecule has 0 bridgehead atoms. The molecule has 0 saturated heterocycles. The van der Waals surface area contributed by atoms with E-state index in [4.69, 9.17) is 4.42 Å². The number of para-hydroxylation sites is 1. The van der Waals surface area contributed by atoms with E-state index in [-0.39, 0.29) is 5.41 Å². The molecule has 1 aromatic heterocycles. The molecule has 2 nitrogen and oxygen atoms in total. The summed E-state index contributed by atoms with van der Waals surface area (Å²) in [5, 5.41) is 2.24. The first-order valence-corrected chi connectivity index (χ1v) is 20.9. The molecule has 10 aromatic rings. The van der Waals surface area contributed by atoms with Crippen LogP contribution < -0.4 is 4.90 Å². The Bertz CT molecular complexity index is 3250. The van der Waals surface area contributed by atoms with Crippen LogP contribution >= 0.6 is 0 Å². The summed E-state index contributed by atoms with van der Waals surface area (Å²) in [5.74, 6) is 0. The largest absolute Gasteiger partial charge is 0.456 e. The molecule has 0 fully saturated rings. The molecular formula is C58H41NO. The predicted molar refractivity (Wildman–Crippen MR) is 249 cm³/mol. The molecule has 0 spiro atoms. The van der Waals surface area contributed by atoms with Crippen LogP contribution in [-0.4, -0.2) is 0 Å². The number of hydrogen-bond acceptors (Lipinski definition) is 2. The number of fused-ring (bicyclic) bond motifs is 9. The van der Waals surface area contributed by atoms with Crippen LogP contribution in [0.5, 0.6) is 0 Å². The zero-order chi connectivity index (χ0) is 40.0. The van der Waals surface area contributed by atoms with E-state index in [0.29, 0.717) is 0 Å². The highest BCUT2D eigenvalue weighted by Gasteiger charge is 2.46. The Morgan fingerprint density at radius 1 is 0.367 bits per heavy atom. The van der Waals surface area contributed by atoms with E-state index in [1.165, 1.54) is 66.8 Å². The van der Waals surface area contributed by atoms with Crippen molar-refractivity contribution >= 4 is 39.0 Å². The molecule has 2 aliphatic rings. The lowest BCUT2D eigenvalue weighted by Crippen LogP contribution is -2.28. The highest BCUT2D eigenvalue weighted by Crippen LogP contribution is 2.58. The molecule has 1 heterocycles. The van der Waals surface area contributed by atoms with Gasteiger partial charge in [0.25, 0.3) is 0 Å². The number of hydrogen-bond donors (Lipinski definition) is 0. The molecule has 0 unspecified atom stereocenters. The predicted octanol–water partition coefficient (Wildman–Crippen LogP) is 15.4. The van der Waals surface area contributed by atoms with E-state index in [1.54, 1.807) is 0 Å². The van der Waals surface area contributed by atoms with Gasteiger partial charge in [0.1, 0.15) is 11.2 Å². The van der Waals surface area contributed by atoms with Crippen LogP contribution in [0.1, 0.15) is 47.2 Å². The molecule has 0 radical (unpaired) electrons. The van der Waals surface area contributed by atoms with E-state index in [0.717, 1.165) is 39.0 Å². The van der Waals surface area contributed by atoms with Gasteiger partial charge in [-0.15, -0.1) is 0 Å². The summed E-state index contributed by atoms with van der Waals surface area (Å²) in [6.45, 7) is 4.73. The minimum Gasteiger partial charge on any atom is -0.456 e. The average molecular weight is 768 g/mol. The van der Waals surface area contributed by atoms with Gasteiger partial charge in [0, 0.05) is 39.3 Å². The van der Waals surface area contributed by atoms with Gasteiger partial charge in [-0.1, -0.05) is 178 Å². The fourth-order valence-corrected chi connectivity index (χ4v) is 10.7. The summed E-state index contributed by atoms with van der Waals surface area (Å²) in [6, 6.07) is 78.0. The van der Waals surface area contributed by atoms with Gasteiger partial charge in [-0.25, -0.2) is 0 Å². The van der Waals surface area contributed by atoms with Crippen LogP contribution in [0.2, 0.25) is 0 Å². The van der Waals surface area contributed by atoms with Crippen LogP contribution in [0.25, 0.3) is 55.3 Å². The number of rotatable bonds is 6. The Morgan fingerprint density at radius 2 is 0.933 bits per heavy atom. The number of nitrogens with zero attached hydrogens (tertiary/aromatic N) is 1. The van der Waals surface area contributed by atoms with Crippen LogP contribution in [0, 0.1) is 0 Å². The van der Waals surface area contributed by atoms with E-state index in [9.17, 15) is 0 Å². The lowest BCUT2D eigenvalue weighted by Gasteiger charge is -2.35. The Balaban J connectivity index is 1.13. The van der Waals surface area contributed by atoms with Crippen molar-refractivity contribution in [3.8, 4) is 33.4 Å². The van der Waals surface area contributed by atoms with Gasteiger partial charge < -0.3 is 9.32 Å². The van der Waals surface area contributed by atoms with Crippen LogP contribution in [0.3, 0.4) is 0 Å². The zero-order valence-corrected chi connectivity index (χ0v) is 33.6. The molecule has 0 amide bonds. The maximum Gasteiger partial charge on any atom is 0.137 e. The minimum absolute atomic E-state index is 0.156. The van der Waals surface area contributed by atoms with Crippen molar-refractivity contribution in [2.75, 3.05) is 4.90 Å². The summed E-state index contributed by atoms with van der Waals surface area (Å²) >= 11 is 0. The maximum absolute atomic E-state index is 6.57. The molecule has 0 aliphatic heterocycles. The molecule has 2 heteroatoms. The smallest absolute Gasteiger partial charge is 0.137 e. The standard InChI is InChI=1S/C58H41NO/c1-57(2)50-34-31-41(35-49(50)56-44(25-16-27-52(56)57)38-17-6-3-7-18-38)59(43-30-33-48-47-24-13-15-28-54(47)60-55(48)37-43)42-29-32-46-45-23-12-14-26-51(45)58(53(46)36-42,39-19-8-4-9-20-39)40-21-10-5-11-22-40/h3-37H,1-2H3. The van der Waals surface area contributed by atoms with E-state index < -0.39 is 5.41 Å². The first kappa shape index (κ1) is 34.6. The van der Waals surface area contributed by atoms with Gasteiger partial charge in [0.15, 0.2) is 0 Å². The molecule has 0 N–H and O–H groups in total. The van der Waals surface area contributed by atoms with Gasteiger partial charge in [-0.3, -0.25) is 0 Å². The van der Waals surface area contributed by atoms with Crippen molar-refractivity contribution in [3.63, 3.8) is 0 Å². The number of anilines is 3. The van der Waals surface area contributed by atoms with Gasteiger partial charge >= 0.3 is 0 Å². The lowest BCUT2D eigenvalue weighted by molar-refractivity contribution is 0.660. The highest BCUT2D eigenvalue weighted by atomic mass is 16.3. The van der Waals surface area contributed by atoms with Crippen molar-refractivity contribution in [2.24, 2.45) is 0 Å². The quantitative estimate of drug-likeness (QED) is 0.168. The second-order valence-corrected chi connectivity index (χ2v) is 16.8. The normalized spacial score (nSPS) is 14.1. The lowest BCUT2D eigenvalue weighted by atomic mass is 9.67. The van der Waals surface area contributed by atoms with Crippen LogP contribution in [0.15, 0.2) is 217 Å². The molecule has 0 atom stereocenters. The Kier molecular flexibility index (Phi) is 7.52. The van der Waals surface area contributed by atoms with Crippen molar-refractivity contribution in [1.82, 2.24) is 0 Å². The van der Waals surface area contributed by atoms with E-state index in [2.05, 4.69) is 225 Å². The molecule has 9 aromatic carbocycles. The molecule has 60 heavy (non-hydrogen) atoms. The summed E-state index contributed by atoms with van der Waals surface area (Å²) in [6.07, 6.45) is 0. The van der Waals surface area contributed by atoms with Gasteiger partial charge in [0.05, 0.1) is 5.41 Å². The van der Waals surface area contributed by atoms with Crippen LogP contribution in [-0.2, 0) is 10.8 Å². The molecule has 0 saturated carbocycles. The third kappa shape index (κ3) is 4.88. The molecule has 284 valence electrons. The van der Waals surface area contributed by atoms with Crippen molar-refractivity contribution < 1.29 is 4.42 Å².